The molecule has 0 radical (unpaired) electrons. The Morgan fingerprint density at radius 1 is 1.47 bits per heavy atom. The maximum Gasteiger partial charge on any atom is 0.332 e. The van der Waals surface area contributed by atoms with Crippen molar-refractivity contribution in [1.29, 1.82) is 0 Å². The third-order valence-electron chi connectivity index (χ3n) is 2.53. The van der Waals surface area contributed by atoms with Crippen LogP contribution in [0.2, 0.25) is 0 Å². The molecule has 90 valence electrons. The number of benzene rings is 1. The standard InChI is InChI=1S/C12H13NO3S/c1-12(8-17-11(15)13-12)10(14)16-7-9-5-3-2-4-6-9/h2-6H,7-8H2,1H3,(H,13,15)/t12-/m1/s1. The summed E-state index contributed by atoms with van der Waals surface area (Å²) in [6, 6.07) is 9.45. The van der Waals surface area contributed by atoms with Crippen molar-refractivity contribution in [2.75, 3.05) is 5.75 Å². The SMILES string of the molecule is C[C@]1(C(=O)OCc2ccccc2)CSC(=O)N1. The molecule has 1 fully saturated rings. The van der Waals surface area contributed by atoms with Crippen LogP contribution in [-0.2, 0) is 16.1 Å². The molecule has 4 nitrogen and oxygen atoms in total. The van der Waals surface area contributed by atoms with E-state index in [9.17, 15) is 9.59 Å². The zero-order valence-electron chi connectivity index (χ0n) is 9.43. The van der Waals surface area contributed by atoms with Gasteiger partial charge in [-0.2, -0.15) is 0 Å². The second kappa shape index (κ2) is 4.79. The molecule has 0 saturated carbocycles. The predicted octanol–water partition coefficient (Wildman–Crippen LogP) is 1.94. The van der Waals surface area contributed by atoms with Gasteiger partial charge >= 0.3 is 5.97 Å². The molecule has 1 aliphatic rings. The van der Waals surface area contributed by atoms with Gasteiger partial charge in [0.1, 0.15) is 12.1 Å². The van der Waals surface area contributed by atoms with Gasteiger partial charge in [0, 0.05) is 5.75 Å². The second-order valence-corrected chi connectivity index (χ2v) is 5.04. The first-order chi connectivity index (χ1) is 8.10. The van der Waals surface area contributed by atoms with E-state index < -0.39 is 5.54 Å². The number of amides is 1. The molecule has 1 N–H and O–H groups in total. The van der Waals surface area contributed by atoms with Crippen molar-refractivity contribution in [3.05, 3.63) is 35.9 Å². The van der Waals surface area contributed by atoms with Gasteiger partial charge in [0.05, 0.1) is 0 Å². The second-order valence-electron chi connectivity index (χ2n) is 4.09. The van der Waals surface area contributed by atoms with Crippen molar-refractivity contribution in [3.63, 3.8) is 0 Å². The van der Waals surface area contributed by atoms with Crippen LogP contribution in [0.5, 0.6) is 0 Å². The Morgan fingerprint density at radius 2 is 2.18 bits per heavy atom. The summed E-state index contributed by atoms with van der Waals surface area (Å²) < 4.78 is 5.20. The first-order valence-electron chi connectivity index (χ1n) is 5.26. The third-order valence-corrected chi connectivity index (χ3v) is 3.62. The average Bonchev–Trinajstić information content (AvgIpc) is 2.69. The smallest absolute Gasteiger partial charge is 0.332 e. The summed E-state index contributed by atoms with van der Waals surface area (Å²) in [7, 11) is 0. The number of carbonyl (C=O) groups is 2. The molecule has 0 spiro atoms. The van der Waals surface area contributed by atoms with Crippen LogP contribution < -0.4 is 5.32 Å². The monoisotopic (exact) mass is 251 g/mol. The molecule has 0 aromatic heterocycles. The minimum atomic E-state index is -0.892. The number of nitrogens with one attached hydrogen (secondary N) is 1. The number of ether oxygens (including phenoxy) is 1. The van der Waals surface area contributed by atoms with E-state index in [1.807, 2.05) is 30.3 Å². The summed E-state index contributed by atoms with van der Waals surface area (Å²) in [6.07, 6.45) is 0. The largest absolute Gasteiger partial charge is 0.459 e. The number of carbonyl (C=O) groups excluding carboxylic acids is 2. The van der Waals surface area contributed by atoms with E-state index in [-0.39, 0.29) is 17.8 Å². The van der Waals surface area contributed by atoms with E-state index in [1.54, 1.807) is 6.92 Å². The van der Waals surface area contributed by atoms with Crippen LogP contribution in [0.3, 0.4) is 0 Å². The molecule has 2 rings (SSSR count). The highest BCUT2D eigenvalue weighted by Crippen LogP contribution is 2.24. The van der Waals surface area contributed by atoms with E-state index in [1.165, 1.54) is 0 Å². The highest BCUT2D eigenvalue weighted by molar-refractivity contribution is 8.14. The van der Waals surface area contributed by atoms with Gasteiger partial charge in [-0.25, -0.2) is 4.79 Å². The number of hydrogen-bond donors (Lipinski definition) is 1. The zero-order chi connectivity index (χ0) is 12.3. The first-order valence-corrected chi connectivity index (χ1v) is 6.25. The van der Waals surface area contributed by atoms with Gasteiger partial charge in [-0.15, -0.1) is 0 Å². The summed E-state index contributed by atoms with van der Waals surface area (Å²) in [5.41, 5.74) is 0.0395. The van der Waals surface area contributed by atoms with Crippen LogP contribution in [0.4, 0.5) is 4.79 Å². The van der Waals surface area contributed by atoms with Crippen molar-refractivity contribution in [1.82, 2.24) is 5.32 Å². The fraction of sp³-hybridized carbons (Fsp3) is 0.333. The topological polar surface area (TPSA) is 55.4 Å². The Bertz CT molecular complexity index is 435. The van der Waals surface area contributed by atoms with Gasteiger partial charge in [0.25, 0.3) is 5.24 Å². The summed E-state index contributed by atoms with van der Waals surface area (Å²) in [5.74, 6) is 0.0270. The van der Waals surface area contributed by atoms with Gasteiger partial charge in [-0.1, -0.05) is 42.1 Å². The van der Waals surface area contributed by atoms with Crippen LogP contribution in [0.15, 0.2) is 30.3 Å². The third kappa shape index (κ3) is 2.79. The quantitative estimate of drug-likeness (QED) is 0.834. The van der Waals surface area contributed by atoms with Crippen LogP contribution >= 0.6 is 11.8 Å². The van der Waals surface area contributed by atoms with Gasteiger partial charge < -0.3 is 10.1 Å². The zero-order valence-corrected chi connectivity index (χ0v) is 10.3. The Balaban J connectivity index is 1.92. The molecule has 17 heavy (non-hydrogen) atoms. The number of hydrogen-bond acceptors (Lipinski definition) is 4. The minimum absolute atomic E-state index is 0.177. The van der Waals surface area contributed by atoms with Gasteiger partial charge in [0.15, 0.2) is 0 Å². The predicted molar refractivity (Wildman–Crippen MR) is 65.6 cm³/mol. The van der Waals surface area contributed by atoms with E-state index >= 15 is 0 Å². The highest BCUT2D eigenvalue weighted by atomic mass is 32.2. The van der Waals surface area contributed by atoms with Crippen molar-refractivity contribution in [2.24, 2.45) is 0 Å². The summed E-state index contributed by atoms with van der Waals surface area (Å²) in [6.45, 7) is 1.91. The van der Waals surface area contributed by atoms with E-state index in [2.05, 4.69) is 5.32 Å². The highest BCUT2D eigenvalue weighted by Gasteiger charge is 2.42. The Labute approximate surface area is 104 Å². The molecule has 1 aromatic rings. The molecular weight excluding hydrogens is 238 g/mol. The molecular formula is C12H13NO3S. The molecule has 1 aromatic carbocycles. The van der Waals surface area contributed by atoms with Gasteiger partial charge in [-0.05, 0) is 12.5 Å². The number of rotatable bonds is 3. The summed E-state index contributed by atoms with van der Waals surface area (Å²) in [4.78, 5) is 22.9. The van der Waals surface area contributed by atoms with E-state index in [0.717, 1.165) is 17.3 Å². The van der Waals surface area contributed by atoms with E-state index in [4.69, 9.17) is 4.74 Å². The molecule has 1 amide bonds. The molecule has 5 heteroatoms. The molecule has 0 bridgehead atoms. The Hall–Kier alpha value is -1.49. The first kappa shape index (κ1) is 12.0. The van der Waals surface area contributed by atoms with Crippen molar-refractivity contribution in [2.45, 2.75) is 19.1 Å². The molecule has 1 atom stereocenters. The summed E-state index contributed by atoms with van der Waals surface area (Å²) >= 11 is 1.10. The van der Waals surface area contributed by atoms with Gasteiger partial charge in [0.2, 0.25) is 0 Å². The lowest BCUT2D eigenvalue weighted by molar-refractivity contribution is -0.150. The molecule has 1 saturated heterocycles. The molecule has 1 aliphatic heterocycles. The number of thioether (sulfide) groups is 1. The Kier molecular flexibility index (Phi) is 3.38. The molecule has 0 aliphatic carbocycles. The van der Waals surface area contributed by atoms with Crippen LogP contribution in [0, 0.1) is 0 Å². The Morgan fingerprint density at radius 3 is 2.76 bits per heavy atom. The van der Waals surface area contributed by atoms with Gasteiger partial charge in [-0.3, -0.25) is 4.79 Å². The lowest BCUT2D eigenvalue weighted by Crippen LogP contribution is -2.48. The normalized spacial score (nSPS) is 23.2. The van der Waals surface area contributed by atoms with Crippen LogP contribution in [0.1, 0.15) is 12.5 Å². The minimum Gasteiger partial charge on any atom is -0.459 e. The van der Waals surface area contributed by atoms with Crippen LogP contribution in [0.25, 0.3) is 0 Å². The van der Waals surface area contributed by atoms with Crippen molar-refractivity contribution >= 4 is 23.0 Å². The van der Waals surface area contributed by atoms with Crippen molar-refractivity contribution < 1.29 is 14.3 Å². The van der Waals surface area contributed by atoms with Crippen molar-refractivity contribution in [3.8, 4) is 0 Å². The maximum absolute atomic E-state index is 11.8. The van der Waals surface area contributed by atoms with Crippen LogP contribution in [-0.4, -0.2) is 22.5 Å². The van der Waals surface area contributed by atoms with E-state index in [0.29, 0.717) is 5.75 Å². The fourth-order valence-electron chi connectivity index (χ4n) is 1.50. The maximum atomic E-state index is 11.8. The average molecular weight is 251 g/mol. The molecule has 0 unspecified atom stereocenters. The lowest BCUT2D eigenvalue weighted by atomic mass is 10.1. The fourth-order valence-corrected chi connectivity index (χ4v) is 2.41. The molecule has 1 heterocycles. The summed E-state index contributed by atoms with van der Waals surface area (Å²) in [5, 5.41) is 2.44. The number of esters is 1. The lowest BCUT2D eigenvalue weighted by Gasteiger charge is -2.20.